The number of carbonyl (C=O) groups is 4. The van der Waals surface area contributed by atoms with E-state index in [1.54, 1.807) is 58.0 Å². The van der Waals surface area contributed by atoms with Gasteiger partial charge in [0.1, 0.15) is 23.4 Å². The Morgan fingerprint density at radius 2 is 1.79 bits per heavy atom. The SMILES string of the molecule is Cc1cccc(Cl)c1NC(=O)C(c1ccccc1O)N(C(=O)C(CC(N)=O)NC(=O)OC(C)(C)C)C1CC1C. The van der Waals surface area contributed by atoms with Crippen molar-refractivity contribution in [2.24, 2.45) is 11.7 Å². The zero-order chi connectivity index (χ0) is 29.1. The van der Waals surface area contributed by atoms with Crippen LogP contribution < -0.4 is 16.4 Å². The number of nitrogens with zero attached hydrogens (tertiary/aromatic N) is 1. The number of alkyl carbamates (subject to hydrolysis) is 1. The highest BCUT2D eigenvalue weighted by molar-refractivity contribution is 6.34. The van der Waals surface area contributed by atoms with E-state index in [2.05, 4.69) is 10.6 Å². The second-order valence-electron chi connectivity index (χ2n) is 10.8. The van der Waals surface area contributed by atoms with Gasteiger partial charge in [-0.3, -0.25) is 14.4 Å². The number of anilines is 1. The number of para-hydroxylation sites is 2. The number of nitrogens with two attached hydrogens (primary N) is 1. The van der Waals surface area contributed by atoms with Gasteiger partial charge >= 0.3 is 6.09 Å². The van der Waals surface area contributed by atoms with Crippen molar-refractivity contribution in [3.05, 3.63) is 58.6 Å². The molecule has 11 heteroatoms. The number of phenols is 1. The number of aryl methyl sites for hydroxylation is 1. The van der Waals surface area contributed by atoms with Crippen molar-refractivity contribution in [3.8, 4) is 5.75 Å². The molecule has 0 heterocycles. The van der Waals surface area contributed by atoms with Crippen molar-refractivity contribution >= 4 is 41.1 Å². The van der Waals surface area contributed by atoms with Gasteiger partial charge in [0.2, 0.25) is 11.8 Å². The number of carbonyl (C=O) groups excluding carboxylic acids is 4. The van der Waals surface area contributed by atoms with Gasteiger partial charge in [0.25, 0.3) is 5.91 Å². The van der Waals surface area contributed by atoms with Gasteiger partial charge in [-0.1, -0.05) is 48.9 Å². The number of hydrogen-bond acceptors (Lipinski definition) is 6. The average Bonchev–Trinajstić information content (AvgIpc) is 3.53. The molecule has 1 aliphatic carbocycles. The van der Waals surface area contributed by atoms with Crippen LogP contribution in [0.25, 0.3) is 0 Å². The van der Waals surface area contributed by atoms with Crippen molar-refractivity contribution in [2.45, 2.75) is 71.2 Å². The first-order valence-corrected chi connectivity index (χ1v) is 13.0. The molecule has 0 spiro atoms. The summed E-state index contributed by atoms with van der Waals surface area (Å²) < 4.78 is 5.29. The number of aromatic hydroxyl groups is 1. The number of ether oxygens (including phenoxy) is 1. The molecule has 3 rings (SSSR count). The fourth-order valence-corrected chi connectivity index (χ4v) is 4.59. The summed E-state index contributed by atoms with van der Waals surface area (Å²) in [6.07, 6.45) is -0.862. The molecule has 1 aliphatic rings. The fourth-order valence-electron chi connectivity index (χ4n) is 4.32. The lowest BCUT2D eigenvalue weighted by molar-refractivity contribution is -0.142. The van der Waals surface area contributed by atoms with Gasteiger partial charge < -0.3 is 31.1 Å². The lowest BCUT2D eigenvalue weighted by atomic mass is 10.00. The Balaban J connectivity index is 2.07. The van der Waals surface area contributed by atoms with Crippen LogP contribution in [-0.4, -0.2) is 51.5 Å². The molecule has 5 N–H and O–H groups in total. The van der Waals surface area contributed by atoms with Crippen molar-refractivity contribution in [1.29, 1.82) is 0 Å². The standard InChI is InChI=1S/C28H35ClN4O6/c1-15-9-8-11-18(29)23(15)32-25(36)24(17-10-6-7-12-21(17)34)33(20-13-16(20)2)26(37)19(14-22(30)35)31-27(38)39-28(3,4)5/h6-12,16,19-20,24,34H,13-14H2,1-5H3,(H2,30,35)(H,31,38)(H,32,36). The van der Waals surface area contributed by atoms with Crippen LogP contribution in [0.3, 0.4) is 0 Å². The summed E-state index contributed by atoms with van der Waals surface area (Å²) in [5, 5.41) is 16.3. The fraction of sp³-hybridized carbons (Fsp3) is 0.429. The summed E-state index contributed by atoms with van der Waals surface area (Å²) in [7, 11) is 0. The number of nitrogens with one attached hydrogen (secondary N) is 2. The summed E-state index contributed by atoms with van der Waals surface area (Å²) in [4.78, 5) is 53.8. The largest absolute Gasteiger partial charge is 0.508 e. The summed E-state index contributed by atoms with van der Waals surface area (Å²) in [6, 6.07) is 8.18. The molecule has 210 valence electrons. The zero-order valence-corrected chi connectivity index (χ0v) is 23.4. The molecule has 1 saturated carbocycles. The molecular formula is C28H35ClN4O6. The quantitative estimate of drug-likeness (QED) is 0.364. The van der Waals surface area contributed by atoms with Crippen LogP contribution in [-0.2, 0) is 19.1 Å². The third-order valence-electron chi connectivity index (χ3n) is 6.30. The number of primary amides is 1. The molecule has 1 fully saturated rings. The molecular weight excluding hydrogens is 524 g/mol. The summed E-state index contributed by atoms with van der Waals surface area (Å²) >= 11 is 6.36. The van der Waals surface area contributed by atoms with Gasteiger partial charge in [0.15, 0.2) is 0 Å². The predicted molar refractivity (Wildman–Crippen MR) is 147 cm³/mol. The number of hydrogen-bond donors (Lipinski definition) is 4. The van der Waals surface area contributed by atoms with Gasteiger partial charge in [-0.25, -0.2) is 4.79 Å². The minimum Gasteiger partial charge on any atom is -0.508 e. The van der Waals surface area contributed by atoms with Gasteiger partial charge in [-0.15, -0.1) is 0 Å². The predicted octanol–water partition coefficient (Wildman–Crippen LogP) is 4.04. The number of rotatable bonds is 9. The smallest absolute Gasteiger partial charge is 0.408 e. The van der Waals surface area contributed by atoms with Crippen LogP contribution >= 0.6 is 11.6 Å². The van der Waals surface area contributed by atoms with E-state index in [9.17, 15) is 24.3 Å². The Morgan fingerprint density at radius 3 is 2.33 bits per heavy atom. The molecule has 0 radical (unpaired) electrons. The normalized spacial score (nSPS) is 17.9. The second-order valence-corrected chi connectivity index (χ2v) is 11.2. The Bertz CT molecular complexity index is 1240. The topological polar surface area (TPSA) is 151 Å². The van der Waals surface area contributed by atoms with E-state index in [0.29, 0.717) is 22.7 Å². The molecule has 4 atom stereocenters. The van der Waals surface area contributed by atoms with Crippen LogP contribution in [0.1, 0.15) is 57.7 Å². The number of halogens is 1. The van der Waals surface area contributed by atoms with E-state index in [-0.39, 0.29) is 17.2 Å². The van der Waals surface area contributed by atoms with Crippen molar-refractivity contribution in [1.82, 2.24) is 10.2 Å². The first-order valence-electron chi connectivity index (χ1n) is 12.6. The summed E-state index contributed by atoms with van der Waals surface area (Å²) in [5.41, 5.74) is 5.79. The highest BCUT2D eigenvalue weighted by Gasteiger charge is 2.49. The van der Waals surface area contributed by atoms with Gasteiger partial charge in [-0.05, 0) is 57.7 Å². The van der Waals surface area contributed by atoms with Crippen LogP contribution in [0.5, 0.6) is 5.75 Å². The van der Waals surface area contributed by atoms with E-state index >= 15 is 0 Å². The molecule has 4 unspecified atom stereocenters. The molecule has 0 aromatic heterocycles. The van der Waals surface area contributed by atoms with Crippen LogP contribution in [0.2, 0.25) is 5.02 Å². The van der Waals surface area contributed by atoms with Crippen LogP contribution in [0.15, 0.2) is 42.5 Å². The van der Waals surface area contributed by atoms with Crippen molar-refractivity contribution < 1.29 is 29.0 Å². The number of benzene rings is 2. The maximum absolute atomic E-state index is 14.1. The number of phenolic OH excluding ortho intramolecular Hbond substituents is 1. The lowest BCUT2D eigenvalue weighted by Gasteiger charge is -2.35. The maximum atomic E-state index is 14.1. The van der Waals surface area contributed by atoms with Crippen molar-refractivity contribution in [2.75, 3.05) is 5.32 Å². The highest BCUT2D eigenvalue weighted by Crippen LogP contribution is 2.43. The van der Waals surface area contributed by atoms with E-state index in [1.165, 1.54) is 17.0 Å². The van der Waals surface area contributed by atoms with Gasteiger partial charge in [0.05, 0.1) is 17.1 Å². The Hall–Kier alpha value is -3.79. The van der Waals surface area contributed by atoms with Crippen LogP contribution in [0, 0.1) is 12.8 Å². The summed E-state index contributed by atoms with van der Waals surface area (Å²) in [6.45, 7) is 8.66. The maximum Gasteiger partial charge on any atom is 0.408 e. The minimum absolute atomic E-state index is 0.0212. The van der Waals surface area contributed by atoms with Gasteiger partial charge in [0, 0.05) is 11.6 Å². The second kappa shape index (κ2) is 11.9. The highest BCUT2D eigenvalue weighted by atomic mass is 35.5. The third kappa shape index (κ3) is 7.63. The molecule has 0 aliphatic heterocycles. The third-order valence-corrected chi connectivity index (χ3v) is 6.62. The summed E-state index contributed by atoms with van der Waals surface area (Å²) in [5.74, 6) is -2.36. The first kappa shape index (κ1) is 29.8. The van der Waals surface area contributed by atoms with Crippen LogP contribution in [0.4, 0.5) is 10.5 Å². The molecule has 0 saturated heterocycles. The molecule has 0 bridgehead atoms. The van der Waals surface area contributed by atoms with E-state index in [4.69, 9.17) is 22.1 Å². The molecule has 2 aromatic rings. The molecule has 2 aromatic carbocycles. The minimum atomic E-state index is -1.41. The number of amides is 4. The zero-order valence-electron chi connectivity index (χ0n) is 22.7. The first-order chi connectivity index (χ1) is 18.2. The van der Waals surface area contributed by atoms with Gasteiger partial charge in [-0.2, -0.15) is 0 Å². The van der Waals surface area contributed by atoms with E-state index in [0.717, 1.165) is 0 Å². The Labute approximate surface area is 232 Å². The monoisotopic (exact) mass is 558 g/mol. The van der Waals surface area contributed by atoms with E-state index in [1.807, 2.05) is 6.92 Å². The molecule has 4 amide bonds. The molecule has 10 nitrogen and oxygen atoms in total. The average molecular weight is 559 g/mol. The lowest BCUT2D eigenvalue weighted by Crippen LogP contribution is -2.54. The van der Waals surface area contributed by atoms with E-state index < -0.39 is 54.0 Å². The van der Waals surface area contributed by atoms with Crippen molar-refractivity contribution in [3.63, 3.8) is 0 Å². The Morgan fingerprint density at radius 1 is 1.15 bits per heavy atom. The molecule has 39 heavy (non-hydrogen) atoms. The Kier molecular flexibility index (Phi) is 9.11.